The molecule has 0 amide bonds. The van der Waals surface area contributed by atoms with Gasteiger partial charge in [-0.15, -0.1) is 10.2 Å². The molecule has 3 aromatic carbocycles. The van der Waals surface area contributed by atoms with E-state index in [2.05, 4.69) is 52.8 Å². The molecule has 0 atom stereocenters. The number of anilines is 2. The number of ether oxygens (including phenoxy) is 1. The van der Waals surface area contributed by atoms with Crippen molar-refractivity contribution in [3.05, 3.63) is 77.3 Å². The number of hydrogen-bond donors (Lipinski definition) is 1. The van der Waals surface area contributed by atoms with Crippen LogP contribution < -0.4 is 10.1 Å². The Labute approximate surface area is 162 Å². The molecule has 4 aromatic rings. The Morgan fingerprint density at radius 3 is 2.33 bits per heavy atom. The molecule has 1 heterocycles. The van der Waals surface area contributed by atoms with Gasteiger partial charge in [0.05, 0.1) is 12.1 Å². The van der Waals surface area contributed by atoms with E-state index < -0.39 is 0 Å². The van der Waals surface area contributed by atoms with E-state index in [-0.39, 0.29) is 0 Å². The van der Waals surface area contributed by atoms with Crippen molar-refractivity contribution in [2.45, 2.75) is 6.92 Å². The van der Waals surface area contributed by atoms with Gasteiger partial charge in [0.25, 0.3) is 0 Å². The molecule has 0 saturated heterocycles. The number of benzene rings is 3. The molecular weight excluding hydrogens is 358 g/mol. The van der Waals surface area contributed by atoms with E-state index in [9.17, 15) is 0 Å². The third-order valence-corrected chi connectivity index (χ3v) is 4.72. The number of rotatable bonds is 4. The second-order valence-corrected chi connectivity index (χ2v) is 6.69. The molecule has 0 saturated carbocycles. The minimum atomic E-state index is 0.538. The maximum absolute atomic E-state index is 6.23. The van der Waals surface area contributed by atoms with Gasteiger partial charge in [0.1, 0.15) is 11.4 Å². The first-order chi connectivity index (χ1) is 13.2. The van der Waals surface area contributed by atoms with Crippen LogP contribution in [0.15, 0.2) is 66.7 Å². The molecule has 0 radical (unpaired) electrons. The molecule has 0 spiro atoms. The Morgan fingerprint density at radius 2 is 1.63 bits per heavy atom. The third kappa shape index (κ3) is 3.44. The lowest BCUT2D eigenvalue weighted by Crippen LogP contribution is -1.99. The number of methoxy groups -OCH3 is 1. The lowest BCUT2D eigenvalue weighted by molar-refractivity contribution is 0.415. The first kappa shape index (κ1) is 17.3. The fraction of sp³-hybridized carbons (Fsp3) is 0.0909. The smallest absolute Gasteiger partial charge is 0.161 e. The molecule has 0 aliphatic rings. The second-order valence-electron chi connectivity index (χ2n) is 6.28. The topological polar surface area (TPSA) is 47.0 Å². The van der Waals surface area contributed by atoms with Crippen LogP contribution in [0.1, 0.15) is 5.56 Å². The summed E-state index contributed by atoms with van der Waals surface area (Å²) in [7, 11) is 1.59. The summed E-state index contributed by atoms with van der Waals surface area (Å²) < 4.78 is 5.21. The van der Waals surface area contributed by atoms with Crippen LogP contribution in [0.25, 0.3) is 22.0 Å². The Hall–Kier alpha value is -3.11. The van der Waals surface area contributed by atoms with Crippen LogP contribution in [-0.4, -0.2) is 17.3 Å². The van der Waals surface area contributed by atoms with Gasteiger partial charge < -0.3 is 10.1 Å². The molecule has 27 heavy (non-hydrogen) atoms. The number of hydrogen-bond acceptors (Lipinski definition) is 4. The van der Waals surface area contributed by atoms with Crippen molar-refractivity contribution in [2.24, 2.45) is 0 Å². The number of halogens is 1. The van der Waals surface area contributed by atoms with E-state index in [0.29, 0.717) is 16.6 Å². The number of nitrogens with one attached hydrogen (secondary N) is 1. The minimum Gasteiger partial charge on any atom is -0.495 e. The maximum Gasteiger partial charge on any atom is 0.161 e. The van der Waals surface area contributed by atoms with Crippen LogP contribution in [0.3, 0.4) is 0 Å². The molecule has 0 bridgehead atoms. The van der Waals surface area contributed by atoms with Crippen molar-refractivity contribution in [3.63, 3.8) is 0 Å². The van der Waals surface area contributed by atoms with E-state index in [1.54, 1.807) is 7.11 Å². The van der Waals surface area contributed by atoms with Crippen LogP contribution in [0, 0.1) is 6.92 Å². The molecule has 4 nitrogen and oxygen atoms in total. The Morgan fingerprint density at radius 1 is 0.889 bits per heavy atom. The van der Waals surface area contributed by atoms with Gasteiger partial charge in [-0.1, -0.05) is 65.7 Å². The summed E-state index contributed by atoms with van der Waals surface area (Å²) in [6, 6.07) is 21.9. The summed E-state index contributed by atoms with van der Waals surface area (Å²) in [5, 5.41) is 14.8. The van der Waals surface area contributed by atoms with Crippen molar-refractivity contribution in [1.82, 2.24) is 10.2 Å². The lowest BCUT2D eigenvalue weighted by atomic mass is 10.0. The standard InChI is InChI=1S/C22H18ClN3O/c1-14-7-9-15(10-8-14)21-17-5-3-4-6-18(17)22(26-25-21)24-16-11-12-20(27-2)19(23)13-16/h3-13H,1-2H3,(H,24,26). The molecule has 0 fully saturated rings. The first-order valence-corrected chi connectivity index (χ1v) is 8.96. The monoisotopic (exact) mass is 375 g/mol. The molecule has 4 rings (SSSR count). The van der Waals surface area contributed by atoms with E-state index in [4.69, 9.17) is 16.3 Å². The van der Waals surface area contributed by atoms with Gasteiger partial charge in [0, 0.05) is 22.0 Å². The van der Waals surface area contributed by atoms with Gasteiger partial charge in [-0.2, -0.15) is 0 Å². The van der Waals surface area contributed by atoms with Crippen LogP contribution in [0.5, 0.6) is 5.75 Å². The highest BCUT2D eigenvalue weighted by atomic mass is 35.5. The number of aromatic nitrogens is 2. The minimum absolute atomic E-state index is 0.538. The Balaban J connectivity index is 1.78. The predicted molar refractivity (Wildman–Crippen MR) is 111 cm³/mol. The lowest BCUT2D eigenvalue weighted by Gasteiger charge is -2.12. The SMILES string of the molecule is COc1ccc(Nc2nnc(-c3ccc(C)cc3)c3ccccc23)cc1Cl. The third-order valence-electron chi connectivity index (χ3n) is 4.43. The van der Waals surface area contributed by atoms with Gasteiger partial charge in [-0.3, -0.25) is 0 Å². The van der Waals surface area contributed by atoms with Crippen molar-refractivity contribution < 1.29 is 4.74 Å². The molecule has 1 N–H and O–H groups in total. The van der Waals surface area contributed by atoms with Crippen molar-refractivity contribution in [3.8, 4) is 17.0 Å². The zero-order chi connectivity index (χ0) is 18.8. The average molecular weight is 376 g/mol. The van der Waals surface area contributed by atoms with Gasteiger partial charge in [-0.25, -0.2) is 0 Å². The molecule has 0 unspecified atom stereocenters. The first-order valence-electron chi connectivity index (χ1n) is 8.59. The normalized spacial score (nSPS) is 10.8. The van der Waals surface area contributed by atoms with E-state index in [0.717, 1.165) is 27.7 Å². The van der Waals surface area contributed by atoms with E-state index in [1.165, 1.54) is 5.56 Å². The quantitative estimate of drug-likeness (QED) is 0.474. The number of fused-ring (bicyclic) bond motifs is 1. The van der Waals surface area contributed by atoms with Crippen molar-refractivity contribution in [1.29, 1.82) is 0 Å². The Kier molecular flexibility index (Phi) is 4.65. The highest BCUT2D eigenvalue weighted by Gasteiger charge is 2.11. The highest BCUT2D eigenvalue weighted by molar-refractivity contribution is 6.32. The fourth-order valence-corrected chi connectivity index (χ4v) is 3.26. The zero-order valence-electron chi connectivity index (χ0n) is 15.0. The Bertz CT molecular complexity index is 1110. The molecule has 0 aliphatic heterocycles. The summed E-state index contributed by atoms with van der Waals surface area (Å²) >= 11 is 6.23. The molecule has 0 aliphatic carbocycles. The summed E-state index contributed by atoms with van der Waals surface area (Å²) in [4.78, 5) is 0. The highest BCUT2D eigenvalue weighted by Crippen LogP contribution is 2.33. The largest absolute Gasteiger partial charge is 0.495 e. The summed E-state index contributed by atoms with van der Waals surface area (Å²) in [5.41, 5.74) is 3.95. The second kappa shape index (κ2) is 7.25. The van der Waals surface area contributed by atoms with E-state index >= 15 is 0 Å². The maximum atomic E-state index is 6.23. The zero-order valence-corrected chi connectivity index (χ0v) is 15.8. The summed E-state index contributed by atoms with van der Waals surface area (Å²) in [5.74, 6) is 1.32. The van der Waals surface area contributed by atoms with Gasteiger partial charge in [-0.05, 0) is 25.1 Å². The van der Waals surface area contributed by atoms with Gasteiger partial charge in [0.2, 0.25) is 0 Å². The van der Waals surface area contributed by atoms with Crippen LogP contribution in [-0.2, 0) is 0 Å². The molecular formula is C22H18ClN3O. The molecule has 5 heteroatoms. The van der Waals surface area contributed by atoms with E-state index in [1.807, 2.05) is 36.4 Å². The fourth-order valence-electron chi connectivity index (χ4n) is 3.00. The van der Waals surface area contributed by atoms with Crippen LogP contribution >= 0.6 is 11.6 Å². The summed E-state index contributed by atoms with van der Waals surface area (Å²) in [6.45, 7) is 2.07. The molecule has 1 aromatic heterocycles. The predicted octanol–water partition coefficient (Wildman–Crippen LogP) is 6.01. The molecule has 134 valence electrons. The van der Waals surface area contributed by atoms with Gasteiger partial charge >= 0.3 is 0 Å². The van der Waals surface area contributed by atoms with Crippen molar-refractivity contribution >= 4 is 33.9 Å². The summed E-state index contributed by atoms with van der Waals surface area (Å²) in [6.07, 6.45) is 0. The van der Waals surface area contributed by atoms with Gasteiger partial charge in [0.15, 0.2) is 5.82 Å². The number of nitrogens with zero attached hydrogens (tertiary/aromatic N) is 2. The van der Waals surface area contributed by atoms with Crippen molar-refractivity contribution in [2.75, 3.05) is 12.4 Å². The van der Waals surface area contributed by atoms with Crippen LogP contribution in [0.4, 0.5) is 11.5 Å². The van der Waals surface area contributed by atoms with Crippen LogP contribution in [0.2, 0.25) is 5.02 Å². The number of aryl methyl sites for hydroxylation is 1. The average Bonchev–Trinajstić information content (AvgIpc) is 2.69.